The van der Waals surface area contributed by atoms with Gasteiger partial charge in [-0.15, -0.1) is 0 Å². The van der Waals surface area contributed by atoms with Crippen molar-refractivity contribution in [2.24, 2.45) is 46.3 Å². The van der Waals surface area contributed by atoms with Crippen molar-refractivity contribution in [3.8, 4) is 0 Å². The molecule has 10 atom stereocenters. The van der Waals surface area contributed by atoms with Crippen LogP contribution in [0.1, 0.15) is 85.0 Å². The van der Waals surface area contributed by atoms with E-state index in [9.17, 15) is 15.0 Å². The molecule has 0 aromatic carbocycles. The van der Waals surface area contributed by atoms with Crippen LogP contribution in [-0.2, 0) is 9.53 Å². The number of esters is 1. The Morgan fingerprint density at radius 2 is 1.69 bits per heavy atom. The highest BCUT2D eigenvalue weighted by molar-refractivity contribution is 5.69. The second-order valence-electron chi connectivity index (χ2n) is 11.5. The molecule has 0 aromatic rings. The number of carbonyl (C=O) groups excluding carboxylic acids is 1. The molecule has 0 radical (unpaired) electrons. The maximum Gasteiger partial charge on any atom is 0.305 e. The molecule has 0 heterocycles. The van der Waals surface area contributed by atoms with Gasteiger partial charge in [-0.1, -0.05) is 20.8 Å². The van der Waals surface area contributed by atoms with Crippen LogP contribution in [0.4, 0.5) is 0 Å². The number of aliphatic hydroxyl groups is 2. The molecule has 2 N–H and O–H groups in total. The molecule has 0 aromatic heterocycles. The third-order valence-corrected chi connectivity index (χ3v) is 10.4. The third-order valence-electron chi connectivity index (χ3n) is 10.4. The van der Waals surface area contributed by atoms with Gasteiger partial charge in [0.05, 0.1) is 19.3 Å². The number of hydrogen-bond acceptors (Lipinski definition) is 4. The second kappa shape index (κ2) is 7.82. The highest BCUT2D eigenvalue weighted by Crippen LogP contribution is 2.68. The van der Waals surface area contributed by atoms with Crippen LogP contribution in [0.2, 0.25) is 0 Å². The van der Waals surface area contributed by atoms with Crippen LogP contribution in [-0.4, -0.2) is 35.5 Å². The van der Waals surface area contributed by atoms with Crippen molar-refractivity contribution in [3.05, 3.63) is 0 Å². The normalized spacial score (nSPS) is 50.2. The minimum Gasteiger partial charge on any atom is -0.469 e. The van der Waals surface area contributed by atoms with Crippen molar-refractivity contribution >= 4 is 5.97 Å². The zero-order valence-corrected chi connectivity index (χ0v) is 18.9. The van der Waals surface area contributed by atoms with E-state index < -0.39 is 0 Å². The molecule has 4 fully saturated rings. The van der Waals surface area contributed by atoms with Crippen LogP contribution < -0.4 is 0 Å². The van der Waals surface area contributed by atoms with E-state index >= 15 is 0 Å². The summed E-state index contributed by atoms with van der Waals surface area (Å²) < 4.78 is 4.86. The standard InChI is InChI=1S/C25H42O4/c1-15(5-8-23(28)29-4)18-6-7-19-17-14-22(27)21-13-16(26)9-11-25(21,3)20(17)10-12-24(18,19)2/h15-22,26-27H,5-14H2,1-4H3/t15-,16+,17+,18-,19+,20+,21+,22+,24-,25-/m1/s1. The van der Waals surface area contributed by atoms with Gasteiger partial charge in [-0.05, 0) is 104 Å². The zero-order valence-electron chi connectivity index (χ0n) is 18.9. The number of hydrogen-bond donors (Lipinski definition) is 2. The highest BCUT2D eigenvalue weighted by atomic mass is 16.5. The first-order valence-electron chi connectivity index (χ1n) is 12.1. The summed E-state index contributed by atoms with van der Waals surface area (Å²) in [5, 5.41) is 21.3. The minimum absolute atomic E-state index is 0.0888. The number of rotatable bonds is 4. The van der Waals surface area contributed by atoms with E-state index in [0.29, 0.717) is 41.4 Å². The van der Waals surface area contributed by atoms with Gasteiger partial charge >= 0.3 is 5.97 Å². The first-order valence-corrected chi connectivity index (χ1v) is 12.1. The average molecular weight is 407 g/mol. The number of fused-ring (bicyclic) bond motifs is 5. The van der Waals surface area contributed by atoms with Crippen molar-refractivity contribution in [1.29, 1.82) is 0 Å². The molecule has 0 saturated heterocycles. The predicted molar refractivity (Wildman–Crippen MR) is 113 cm³/mol. The Hall–Kier alpha value is -0.610. The molecule has 0 amide bonds. The number of methoxy groups -OCH3 is 1. The maximum absolute atomic E-state index is 11.6. The Kier molecular flexibility index (Phi) is 5.83. The lowest BCUT2D eigenvalue weighted by Gasteiger charge is -2.62. The van der Waals surface area contributed by atoms with Gasteiger partial charge in [-0.2, -0.15) is 0 Å². The second-order valence-corrected chi connectivity index (χ2v) is 11.5. The molecule has 4 heteroatoms. The first-order chi connectivity index (χ1) is 13.7. The number of carbonyl (C=O) groups is 1. The summed E-state index contributed by atoms with van der Waals surface area (Å²) in [6, 6.07) is 0. The topological polar surface area (TPSA) is 66.8 Å². The van der Waals surface area contributed by atoms with E-state index in [4.69, 9.17) is 4.74 Å². The van der Waals surface area contributed by atoms with E-state index in [1.807, 2.05) is 0 Å². The van der Waals surface area contributed by atoms with Crippen LogP contribution in [0.15, 0.2) is 0 Å². The Labute approximate surface area is 176 Å². The number of ether oxygens (including phenoxy) is 1. The van der Waals surface area contributed by atoms with Gasteiger partial charge in [0, 0.05) is 6.42 Å². The summed E-state index contributed by atoms with van der Waals surface area (Å²) >= 11 is 0. The van der Waals surface area contributed by atoms with Crippen LogP contribution in [0, 0.1) is 46.3 Å². The Morgan fingerprint density at radius 1 is 1.00 bits per heavy atom. The van der Waals surface area contributed by atoms with Gasteiger partial charge < -0.3 is 14.9 Å². The average Bonchev–Trinajstić information content (AvgIpc) is 3.05. The van der Waals surface area contributed by atoms with Crippen LogP contribution in [0.5, 0.6) is 0 Å². The molecule has 29 heavy (non-hydrogen) atoms. The van der Waals surface area contributed by atoms with E-state index in [1.54, 1.807) is 0 Å². The Morgan fingerprint density at radius 3 is 2.41 bits per heavy atom. The van der Waals surface area contributed by atoms with Crippen LogP contribution in [0.3, 0.4) is 0 Å². The van der Waals surface area contributed by atoms with Gasteiger partial charge in [0.25, 0.3) is 0 Å². The molecule has 0 bridgehead atoms. The van der Waals surface area contributed by atoms with E-state index in [0.717, 1.165) is 32.1 Å². The summed E-state index contributed by atoms with van der Waals surface area (Å²) in [7, 11) is 1.48. The fourth-order valence-corrected chi connectivity index (χ4v) is 8.90. The van der Waals surface area contributed by atoms with Crippen molar-refractivity contribution < 1.29 is 19.7 Å². The Balaban J connectivity index is 1.52. The lowest BCUT2D eigenvalue weighted by atomic mass is 9.44. The van der Waals surface area contributed by atoms with Gasteiger partial charge in [-0.25, -0.2) is 0 Å². The summed E-state index contributed by atoms with van der Waals surface area (Å²) in [4.78, 5) is 11.6. The van der Waals surface area contributed by atoms with Crippen LogP contribution in [0.25, 0.3) is 0 Å². The fourth-order valence-electron chi connectivity index (χ4n) is 8.90. The molecule has 4 rings (SSSR count). The monoisotopic (exact) mass is 406 g/mol. The number of aliphatic hydroxyl groups excluding tert-OH is 2. The smallest absolute Gasteiger partial charge is 0.305 e. The molecule has 166 valence electrons. The van der Waals surface area contributed by atoms with Crippen molar-refractivity contribution in [2.75, 3.05) is 7.11 Å². The summed E-state index contributed by atoms with van der Waals surface area (Å²) in [6.07, 6.45) is 9.77. The maximum atomic E-state index is 11.6. The van der Waals surface area contributed by atoms with Crippen molar-refractivity contribution in [1.82, 2.24) is 0 Å². The summed E-state index contributed by atoms with van der Waals surface area (Å²) in [5.41, 5.74) is 0.533. The molecule has 4 nitrogen and oxygen atoms in total. The van der Waals surface area contributed by atoms with Gasteiger partial charge in [0.2, 0.25) is 0 Å². The lowest BCUT2D eigenvalue weighted by Crippen LogP contribution is -2.58. The van der Waals surface area contributed by atoms with Gasteiger partial charge in [-0.3, -0.25) is 4.79 Å². The molecular formula is C25H42O4. The summed E-state index contributed by atoms with van der Waals surface area (Å²) in [5.74, 6) is 3.42. The molecule has 4 aliphatic rings. The first kappa shape index (κ1) is 21.6. The largest absolute Gasteiger partial charge is 0.469 e. The highest BCUT2D eigenvalue weighted by Gasteiger charge is 2.62. The van der Waals surface area contributed by atoms with Gasteiger partial charge in [0.1, 0.15) is 0 Å². The van der Waals surface area contributed by atoms with E-state index in [1.165, 1.54) is 32.8 Å². The predicted octanol–water partition coefficient (Wildman–Crippen LogP) is 4.57. The quantitative estimate of drug-likeness (QED) is 0.671. The SMILES string of the molecule is COC(=O)CC[C@@H](C)[C@H]1CC[C@H]2[C@@H]3C[C@H](O)[C@@H]4C[C@@H](O)CC[C@]4(C)[C@H]3CC[C@]12C. The van der Waals surface area contributed by atoms with Crippen LogP contribution >= 0.6 is 0 Å². The zero-order chi connectivity index (χ0) is 21.0. The van der Waals surface area contributed by atoms with Crippen molar-refractivity contribution in [3.63, 3.8) is 0 Å². The van der Waals surface area contributed by atoms with E-state index in [-0.39, 0.29) is 29.5 Å². The molecule has 0 spiro atoms. The lowest BCUT2D eigenvalue weighted by molar-refractivity contribution is -0.172. The van der Waals surface area contributed by atoms with E-state index in [2.05, 4.69) is 20.8 Å². The summed E-state index contributed by atoms with van der Waals surface area (Å²) in [6.45, 7) is 7.28. The Bertz CT molecular complexity index is 620. The minimum atomic E-state index is -0.255. The third kappa shape index (κ3) is 3.46. The molecule has 4 saturated carbocycles. The fraction of sp³-hybridized carbons (Fsp3) is 0.960. The van der Waals surface area contributed by atoms with Crippen molar-refractivity contribution in [2.45, 2.75) is 97.2 Å². The van der Waals surface area contributed by atoms with Gasteiger partial charge in [0.15, 0.2) is 0 Å². The molecule has 4 aliphatic carbocycles. The molecule has 0 unspecified atom stereocenters. The molecular weight excluding hydrogens is 364 g/mol. The molecule has 0 aliphatic heterocycles.